The Kier molecular flexibility index (Phi) is 2.54. The van der Waals surface area contributed by atoms with Crippen LogP contribution in [-0.4, -0.2) is 14.7 Å². The highest BCUT2D eigenvalue weighted by molar-refractivity contribution is 9.10. The normalized spacial score (nSPS) is 17.5. The van der Waals surface area contributed by atoms with Crippen LogP contribution in [0.25, 0.3) is 0 Å². The van der Waals surface area contributed by atoms with Crippen molar-refractivity contribution in [2.45, 2.75) is 31.7 Å². The van der Waals surface area contributed by atoms with Crippen LogP contribution in [0, 0.1) is 10.1 Å². The van der Waals surface area contributed by atoms with Crippen LogP contribution in [0.1, 0.15) is 31.7 Å². The number of hydrogen-bond donors (Lipinski definition) is 0. The fourth-order valence-electron chi connectivity index (χ4n) is 1.84. The maximum atomic E-state index is 10.6. The minimum absolute atomic E-state index is 0.0527. The summed E-state index contributed by atoms with van der Waals surface area (Å²) in [5.41, 5.74) is 0.0527. The summed E-state index contributed by atoms with van der Waals surface area (Å²) in [6, 6.07) is 0.347. The average molecular weight is 260 g/mol. The van der Waals surface area contributed by atoms with E-state index in [1.165, 1.54) is 19.0 Å². The average Bonchev–Trinajstić information content (AvgIpc) is 2.70. The highest BCUT2D eigenvalue weighted by Gasteiger charge is 2.23. The zero-order chi connectivity index (χ0) is 10.1. The first-order chi connectivity index (χ1) is 6.68. The smallest absolute Gasteiger partial charge is 0.261 e. The molecule has 1 fully saturated rings. The van der Waals surface area contributed by atoms with E-state index in [4.69, 9.17) is 0 Å². The molecule has 2 rings (SSSR count). The Morgan fingerprint density at radius 2 is 2.21 bits per heavy atom. The van der Waals surface area contributed by atoms with E-state index in [1.807, 2.05) is 0 Å². The summed E-state index contributed by atoms with van der Waals surface area (Å²) in [5, 5.41) is 14.7. The van der Waals surface area contributed by atoms with Crippen LogP contribution in [0.15, 0.2) is 10.8 Å². The SMILES string of the molecule is O=[N+]([O-])c1cn(C2CCCC2)nc1Br. The van der Waals surface area contributed by atoms with Crippen molar-refractivity contribution in [3.63, 3.8) is 0 Å². The quantitative estimate of drug-likeness (QED) is 0.606. The van der Waals surface area contributed by atoms with Gasteiger partial charge >= 0.3 is 5.69 Å². The zero-order valence-corrected chi connectivity index (χ0v) is 9.11. The minimum atomic E-state index is -0.414. The Hall–Kier alpha value is -0.910. The number of halogens is 1. The Balaban J connectivity index is 2.27. The maximum Gasteiger partial charge on any atom is 0.321 e. The van der Waals surface area contributed by atoms with E-state index in [-0.39, 0.29) is 5.69 Å². The topological polar surface area (TPSA) is 61.0 Å². The van der Waals surface area contributed by atoms with Crippen molar-refractivity contribution in [2.75, 3.05) is 0 Å². The highest BCUT2D eigenvalue weighted by atomic mass is 79.9. The zero-order valence-electron chi connectivity index (χ0n) is 7.52. The van der Waals surface area contributed by atoms with Crippen LogP contribution in [0.2, 0.25) is 0 Å². The van der Waals surface area contributed by atoms with Crippen molar-refractivity contribution < 1.29 is 4.92 Å². The second-order valence-corrected chi connectivity index (χ2v) is 4.23. The van der Waals surface area contributed by atoms with Gasteiger partial charge in [0.1, 0.15) is 6.20 Å². The molecule has 1 heterocycles. The summed E-state index contributed by atoms with van der Waals surface area (Å²) in [7, 11) is 0. The summed E-state index contributed by atoms with van der Waals surface area (Å²) in [6.07, 6.45) is 6.04. The third-order valence-electron chi connectivity index (χ3n) is 2.56. The van der Waals surface area contributed by atoms with Gasteiger partial charge in [-0.05, 0) is 28.8 Å². The van der Waals surface area contributed by atoms with E-state index in [0.717, 1.165) is 12.8 Å². The van der Waals surface area contributed by atoms with Crippen LogP contribution in [-0.2, 0) is 0 Å². The second-order valence-electron chi connectivity index (χ2n) is 3.48. The summed E-state index contributed by atoms with van der Waals surface area (Å²) in [5.74, 6) is 0. The molecule has 76 valence electrons. The van der Waals surface area contributed by atoms with Crippen molar-refractivity contribution in [1.82, 2.24) is 9.78 Å². The van der Waals surface area contributed by atoms with E-state index in [1.54, 1.807) is 4.68 Å². The summed E-state index contributed by atoms with van der Waals surface area (Å²) >= 11 is 3.09. The summed E-state index contributed by atoms with van der Waals surface area (Å²) < 4.78 is 2.05. The largest absolute Gasteiger partial charge is 0.321 e. The molecule has 1 aromatic heterocycles. The van der Waals surface area contributed by atoms with Gasteiger partial charge in [0.2, 0.25) is 4.60 Å². The molecule has 1 saturated carbocycles. The Morgan fingerprint density at radius 1 is 1.57 bits per heavy atom. The molecule has 1 aromatic rings. The molecular formula is C8H10BrN3O2. The second kappa shape index (κ2) is 3.68. The van der Waals surface area contributed by atoms with Crippen molar-refractivity contribution in [3.8, 4) is 0 Å². The lowest BCUT2D eigenvalue weighted by Gasteiger charge is -2.07. The molecule has 0 spiro atoms. The fraction of sp³-hybridized carbons (Fsp3) is 0.625. The monoisotopic (exact) mass is 259 g/mol. The first-order valence-electron chi connectivity index (χ1n) is 4.57. The minimum Gasteiger partial charge on any atom is -0.261 e. The predicted molar refractivity (Wildman–Crippen MR) is 54.1 cm³/mol. The molecule has 0 aromatic carbocycles. The molecular weight excluding hydrogens is 250 g/mol. The van der Waals surface area contributed by atoms with Crippen LogP contribution < -0.4 is 0 Å². The number of hydrogen-bond acceptors (Lipinski definition) is 3. The van der Waals surface area contributed by atoms with Crippen LogP contribution in [0.5, 0.6) is 0 Å². The van der Waals surface area contributed by atoms with Gasteiger partial charge in [0.05, 0.1) is 11.0 Å². The van der Waals surface area contributed by atoms with Gasteiger partial charge < -0.3 is 0 Å². The van der Waals surface area contributed by atoms with Crippen molar-refractivity contribution in [3.05, 3.63) is 20.9 Å². The molecule has 14 heavy (non-hydrogen) atoms. The lowest BCUT2D eigenvalue weighted by atomic mass is 10.3. The predicted octanol–water partition coefficient (Wildman–Crippen LogP) is 2.67. The molecule has 0 unspecified atom stereocenters. The maximum absolute atomic E-state index is 10.6. The van der Waals surface area contributed by atoms with E-state index >= 15 is 0 Å². The first-order valence-corrected chi connectivity index (χ1v) is 5.37. The Morgan fingerprint density at radius 3 is 2.71 bits per heavy atom. The van der Waals surface area contributed by atoms with Crippen LogP contribution >= 0.6 is 15.9 Å². The van der Waals surface area contributed by atoms with Crippen molar-refractivity contribution in [1.29, 1.82) is 0 Å². The molecule has 1 aliphatic rings. The summed E-state index contributed by atoms with van der Waals surface area (Å²) in [6.45, 7) is 0. The molecule has 0 N–H and O–H groups in total. The molecule has 5 nitrogen and oxygen atoms in total. The van der Waals surface area contributed by atoms with E-state index in [9.17, 15) is 10.1 Å². The van der Waals surface area contributed by atoms with Gasteiger partial charge in [0.15, 0.2) is 0 Å². The van der Waals surface area contributed by atoms with E-state index in [0.29, 0.717) is 10.6 Å². The third-order valence-corrected chi connectivity index (χ3v) is 3.13. The van der Waals surface area contributed by atoms with E-state index < -0.39 is 4.92 Å². The number of rotatable bonds is 2. The van der Waals surface area contributed by atoms with Crippen molar-refractivity contribution >= 4 is 21.6 Å². The molecule has 0 radical (unpaired) electrons. The molecule has 0 saturated heterocycles. The van der Waals surface area contributed by atoms with Gasteiger partial charge in [-0.1, -0.05) is 12.8 Å². The van der Waals surface area contributed by atoms with E-state index in [2.05, 4.69) is 21.0 Å². The van der Waals surface area contributed by atoms with Crippen LogP contribution in [0.4, 0.5) is 5.69 Å². The number of nitro groups is 1. The van der Waals surface area contributed by atoms with Gasteiger partial charge in [-0.25, -0.2) is 0 Å². The van der Waals surface area contributed by atoms with Gasteiger partial charge in [0, 0.05) is 0 Å². The van der Waals surface area contributed by atoms with Gasteiger partial charge in [-0.3, -0.25) is 14.8 Å². The number of aromatic nitrogens is 2. The molecule has 0 aliphatic heterocycles. The molecule has 0 bridgehead atoms. The Labute approximate surface area is 89.4 Å². The third kappa shape index (κ3) is 1.66. The van der Waals surface area contributed by atoms with Gasteiger partial charge in [-0.2, -0.15) is 5.10 Å². The standard InChI is InChI=1S/C8H10BrN3O2/c9-8-7(12(13)14)5-11(10-8)6-3-1-2-4-6/h5-6H,1-4H2. The van der Waals surface area contributed by atoms with Crippen LogP contribution in [0.3, 0.4) is 0 Å². The fourth-order valence-corrected chi connectivity index (χ4v) is 2.27. The number of nitrogens with zero attached hydrogens (tertiary/aromatic N) is 3. The highest BCUT2D eigenvalue weighted by Crippen LogP contribution is 2.32. The van der Waals surface area contributed by atoms with Crippen molar-refractivity contribution in [2.24, 2.45) is 0 Å². The Bertz CT molecular complexity index is 357. The van der Waals surface area contributed by atoms with Gasteiger partial charge in [0.25, 0.3) is 0 Å². The molecule has 0 atom stereocenters. The first kappa shape index (κ1) is 9.64. The molecule has 1 aliphatic carbocycles. The molecule has 0 amide bonds. The van der Waals surface area contributed by atoms with Gasteiger partial charge in [-0.15, -0.1) is 0 Å². The lowest BCUT2D eigenvalue weighted by molar-refractivity contribution is -0.385. The summed E-state index contributed by atoms with van der Waals surface area (Å²) in [4.78, 5) is 10.2. The molecule has 6 heteroatoms. The lowest BCUT2D eigenvalue weighted by Crippen LogP contribution is -2.04.